The smallest absolute Gasteiger partial charge is 0.334 e. The highest BCUT2D eigenvalue weighted by atomic mass is 16.6. The van der Waals surface area contributed by atoms with Gasteiger partial charge in [0.1, 0.15) is 6.10 Å². The summed E-state index contributed by atoms with van der Waals surface area (Å²) in [5.41, 5.74) is 2.59. The van der Waals surface area contributed by atoms with E-state index in [-0.39, 0.29) is 17.6 Å². The van der Waals surface area contributed by atoms with Crippen LogP contribution in [0.3, 0.4) is 0 Å². The van der Waals surface area contributed by atoms with E-state index in [9.17, 15) is 14.7 Å². The van der Waals surface area contributed by atoms with Crippen molar-refractivity contribution in [1.82, 2.24) is 0 Å². The molecule has 4 heteroatoms. The van der Waals surface area contributed by atoms with Crippen LogP contribution in [0.2, 0.25) is 0 Å². The summed E-state index contributed by atoms with van der Waals surface area (Å²) < 4.78 is 5.41. The van der Waals surface area contributed by atoms with Gasteiger partial charge in [-0.25, -0.2) is 4.79 Å². The largest absolute Gasteiger partial charge is 0.457 e. The van der Waals surface area contributed by atoms with Crippen molar-refractivity contribution >= 4 is 11.8 Å². The van der Waals surface area contributed by atoms with Gasteiger partial charge in [0.25, 0.3) is 0 Å². The highest BCUT2D eigenvalue weighted by Gasteiger charge is 2.50. The maximum absolute atomic E-state index is 12.1. The van der Waals surface area contributed by atoms with E-state index in [4.69, 9.17) is 4.74 Å². The fourth-order valence-electron chi connectivity index (χ4n) is 3.42. The van der Waals surface area contributed by atoms with Crippen LogP contribution in [0, 0.1) is 11.8 Å². The summed E-state index contributed by atoms with van der Waals surface area (Å²) in [5, 5.41) is 10.2. The third kappa shape index (κ3) is 1.56. The lowest BCUT2D eigenvalue weighted by atomic mass is 9.83. The van der Waals surface area contributed by atoms with Crippen molar-refractivity contribution in [2.45, 2.75) is 32.5 Å². The molecule has 0 aromatic heterocycles. The maximum atomic E-state index is 12.1. The van der Waals surface area contributed by atoms with Crippen LogP contribution in [0.1, 0.15) is 20.3 Å². The molecule has 1 saturated heterocycles. The van der Waals surface area contributed by atoms with Gasteiger partial charge < -0.3 is 9.84 Å². The number of rotatable bonds is 0. The fraction of sp³-hybridized carbons (Fsp3) is 0.467. The van der Waals surface area contributed by atoms with Crippen LogP contribution >= 0.6 is 0 Å². The quantitative estimate of drug-likeness (QED) is 0.527. The Hall–Kier alpha value is -1.68. The Morgan fingerprint density at radius 2 is 2.05 bits per heavy atom. The predicted molar refractivity (Wildman–Crippen MR) is 68.1 cm³/mol. The Morgan fingerprint density at radius 3 is 2.74 bits per heavy atom. The van der Waals surface area contributed by atoms with Crippen molar-refractivity contribution in [2.24, 2.45) is 11.8 Å². The zero-order chi connectivity index (χ0) is 13.9. The number of allylic oxidation sites excluding steroid dienone is 1. The molecule has 2 aliphatic carbocycles. The normalized spacial score (nSPS) is 37.8. The van der Waals surface area contributed by atoms with E-state index < -0.39 is 18.2 Å². The van der Waals surface area contributed by atoms with Gasteiger partial charge in [-0.2, -0.15) is 0 Å². The number of hydrogen-bond donors (Lipinski definition) is 1. The number of carbonyl (C=O) groups is 2. The highest BCUT2D eigenvalue weighted by Crippen LogP contribution is 2.47. The highest BCUT2D eigenvalue weighted by molar-refractivity contribution is 6.09. The lowest BCUT2D eigenvalue weighted by molar-refractivity contribution is -0.140. The first-order chi connectivity index (χ1) is 8.91. The van der Waals surface area contributed by atoms with Gasteiger partial charge in [0.15, 0.2) is 5.78 Å². The summed E-state index contributed by atoms with van der Waals surface area (Å²) in [6, 6.07) is 0. The molecule has 0 aromatic rings. The van der Waals surface area contributed by atoms with Gasteiger partial charge in [0, 0.05) is 23.0 Å². The molecular weight excluding hydrogens is 244 g/mol. The molecule has 4 unspecified atom stereocenters. The second-order valence-electron chi connectivity index (χ2n) is 5.58. The molecule has 1 heterocycles. The Kier molecular flexibility index (Phi) is 2.54. The summed E-state index contributed by atoms with van der Waals surface area (Å²) in [6.45, 7) is 7.42. The summed E-state index contributed by atoms with van der Waals surface area (Å²) in [7, 11) is 0. The van der Waals surface area contributed by atoms with Gasteiger partial charge >= 0.3 is 5.97 Å². The molecule has 3 aliphatic rings. The minimum Gasteiger partial charge on any atom is -0.457 e. The van der Waals surface area contributed by atoms with E-state index in [1.54, 1.807) is 13.0 Å². The molecular formula is C15H16O4. The summed E-state index contributed by atoms with van der Waals surface area (Å²) in [6.07, 6.45) is 0.849. The Morgan fingerprint density at radius 1 is 1.37 bits per heavy atom. The molecule has 1 N–H and O–H groups in total. The fourth-order valence-corrected chi connectivity index (χ4v) is 3.42. The molecule has 100 valence electrons. The number of aliphatic hydroxyl groups is 1. The average molecular weight is 260 g/mol. The van der Waals surface area contributed by atoms with Crippen LogP contribution in [-0.4, -0.2) is 29.1 Å². The van der Waals surface area contributed by atoms with Gasteiger partial charge in [-0.3, -0.25) is 4.79 Å². The molecule has 0 bridgehead atoms. The zero-order valence-corrected chi connectivity index (χ0v) is 11.0. The van der Waals surface area contributed by atoms with Crippen LogP contribution in [0.15, 0.2) is 34.9 Å². The average Bonchev–Trinajstić information content (AvgIpc) is 2.74. The van der Waals surface area contributed by atoms with Crippen molar-refractivity contribution in [3.05, 3.63) is 34.9 Å². The van der Waals surface area contributed by atoms with Gasteiger partial charge in [-0.15, -0.1) is 0 Å². The van der Waals surface area contributed by atoms with Crippen LogP contribution < -0.4 is 0 Å². The van der Waals surface area contributed by atoms with Crippen molar-refractivity contribution in [3.63, 3.8) is 0 Å². The summed E-state index contributed by atoms with van der Waals surface area (Å²) in [5.74, 6) is -0.923. The van der Waals surface area contributed by atoms with Crippen LogP contribution in [-0.2, 0) is 14.3 Å². The van der Waals surface area contributed by atoms with Crippen molar-refractivity contribution in [1.29, 1.82) is 0 Å². The molecule has 0 saturated carbocycles. The number of aliphatic hydroxyl groups excluding tert-OH is 1. The molecule has 0 aromatic carbocycles. The number of hydrogen-bond acceptors (Lipinski definition) is 4. The van der Waals surface area contributed by atoms with E-state index in [1.807, 2.05) is 6.92 Å². The molecule has 0 radical (unpaired) electrons. The Labute approximate surface area is 111 Å². The SMILES string of the molecule is C=C1C(=O)OC2C1CC(O)C(C)=C1C(=O)C=C(C)C12. The number of ether oxygens (including phenoxy) is 1. The minimum atomic E-state index is -0.720. The maximum Gasteiger partial charge on any atom is 0.334 e. The number of ketones is 1. The van der Waals surface area contributed by atoms with Crippen LogP contribution in [0.5, 0.6) is 0 Å². The number of fused-ring (bicyclic) bond motifs is 3. The lowest BCUT2D eigenvalue weighted by Gasteiger charge is -2.23. The van der Waals surface area contributed by atoms with Crippen LogP contribution in [0.25, 0.3) is 0 Å². The van der Waals surface area contributed by atoms with E-state index in [1.165, 1.54) is 0 Å². The number of carbonyl (C=O) groups excluding carboxylic acids is 2. The molecule has 4 atom stereocenters. The first-order valence-corrected chi connectivity index (χ1v) is 6.43. The molecule has 4 nitrogen and oxygen atoms in total. The number of esters is 1. The van der Waals surface area contributed by atoms with E-state index in [0.717, 1.165) is 5.57 Å². The first kappa shape index (κ1) is 12.4. The molecule has 1 aliphatic heterocycles. The Bertz CT molecular complexity index is 567. The van der Waals surface area contributed by atoms with Crippen molar-refractivity contribution in [2.75, 3.05) is 0 Å². The monoisotopic (exact) mass is 260 g/mol. The molecule has 0 amide bonds. The van der Waals surface area contributed by atoms with Crippen molar-refractivity contribution in [3.8, 4) is 0 Å². The summed E-state index contributed by atoms with van der Waals surface area (Å²) >= 11 is 0. The second kappa shape index (κ2) is 3.90. The minimum absolute atomic E-state index is 0.0757. The summed E-state index contributed by atoms with van der Waals surface area (Å²) in [4.78, 5) is 23.8. The van der Waals surface area contributed by atoms with Gasteiger partial charge in [-0.05, 0) is 31.9 Å². The molecule has 19 heavy (non-hydrogen) atoms. The van der Waals surface area contributed by atoms with Crippen molar-refractivity contribution < 1.29 is 19.4 Å². The molecule has 0 spiro atoms. The molecule has 1 fully saturated rings. The lowest BCUT2D eigenvalue weighted by Crippen LogP contribution is -2.27. The Balaban J connectivity index is 2.14. The predicted octanol–water partition coefficient (Wildman–Crippen LogP) is 1.31. The van der Waals surface area contributed by atoms with Gasteiger partial charge in [0.05, 0.1) is 6.10 Å². The zero-order valence-electron chi connectivity index (χ0n) is 11.0. The topological polar surface area (TPSA) is 63.6 Å². The third-order valence-electron chi connectivity index (χ3n) is 4.51. The van der Waals surface area contributed by atoms with E-state index in [0.29, 0.717) is 23.1 Å². The third-order valence-corrected chi connectivity index (χ3v) is 4.51. The van der Waals surface area contributed by atoms with Gasteiger partial charge in [-0.1, -0.05) is 12.2 Å². The first-order valence-electron chi connectivity index (χ1n) is 6.43. The van der Waals surface area contributed by atoms with E-state index in [2.05, 4.69) is 6.58 Å². The van der Waals surface area contributed by atoms with Crippen LogP contribution in [0.4, 0.5) is 0 Å². The van der Waals surface area contributed by atoms with E-state index >= 15 is 0 Å². The molecule has 3 rings (SSSR count). The standard InChI is InChI=1S/C15H16O4/c1-6-4-11(17)13-8(3)10(16)5-9-7(2)15(18)19-14(9)12(6)13/h4,9-10,12,14,16H,2,5H2,1,3H3. The van der Waals surface area contributed by atoms with Gasteiger partial charge in [0.2, 0.25) is 0 Å². The second-order valence-corrected chi connectivity index (χ2v) is 5.58.